The second-order valence-electron chi connectivity index (χ2n) is 3.31. The molecule has 0 aromatic rings. The molecule has 0 aromatic carbocycles. The second-order valence-corrected chi connectivity index (χ2v) is 4.01. The van der Waals surface area contributed by atoms with Gasteiger partial charge in [0, 0.05) is 23.0 Å². The van der Waals surface area contributed by atoms with Gasteiger partial charge in [-0.2, -0.15) is 0 Å². The van der Waals surface area contributed by atoms with Gasteiger partial charge in [-0.05, 0) is 25.9 Å². The van der Waals surface area contributed by atoms with Crippen molar-refractivity contribution in [3.63, 3.8) is 0 Å². The zero-order valence-corrected chi connectivity index (χ0v) is 8.89. The van der Waals surface area contributed by atoms with Crippen molar-refractivity contribution in [1.82, 2.24) is 4.90 Å². The van der Waals surface area contributed by atoms with Gasteiger partial charge in [-0.3, -0.25) is 4.90 Å². The third-order valence-electron chi connectivity index (χ3n) is 2.32. The Kier molecular flexibility index (Phi) is 4.78. The van der Waals surface area contributed by atoms with Gasteiger partial charge < -0.3 is 4.79 Å². The molecule has 0 atom stereocenters. The van der Waals surface area contributed by atoms with E-state index in [9.17, 15) is 4.79 Å². The summed E-state index contributed by atoms with van der Waals surface area (Å²) < 4.78 is 0. The van der Waals surface area contributed by atoms with E-state index in [4.69, 9.17) is 23.2 Å². The fourth-order valence-corrected chi connectivity index (χ4v) is 1.73. The molecule has 0 spiro atoms. The SMILES string of the molecule is O=CC1CCN(C/C(Cl)=C\Cl)CC1. The van der Waals surface area contributed by atoms with Crippen LogP contribution in [0.2, 0.25) is 0 Å². The lowest BCUT2D eigenvalue weighted by Crippen LogP contribution is -2.34. The van der Waals surface area contributed by atoms with Crippen molar-refractivity contribution in [1.29, 1.82) is 0 Å². The summed E-state index contributed by atoms with van der Waals surface area (Å²) in [7, 11) is 0. The highest BCUT2D eigenvalue weighted by Gasteiger charge is 2.18. The number of rotatable bonds is 3. The lowest BCUT2D eigenvalue weighted by atomic mass is 9.99. The van der Waals surface area contributed by atoms with Crippen LogP contribution in [0.25, 0.3) is 0 Å². The van der Waals surface area contributed by atoms with Gasteiger partial charge in [0.05, 0.1) is 0 Å². The van der Waals surface area contributed by atoms with E-state index in [1.165, 1.54) is 5.54 Å². The number of carbonyl (C=O) groups excluding carboxylic acids is 1. The van der Waals surface area contributed by atoms with Crippen LogP contribution in [0.3, 0.4) is 0 Å². The van der Waals surface area contributed by atoms with Gasteiger partial charge in [-0.25, -0.2) is 0 Å². The monoisotopic (exact) mass is 221 g/mol. The quantitative estimate of drug-likeness (QED) is 0.682. The summed E-state index contributed by atoms with van der Waals surface area (Å²) in [5, 5.41) is 0.659. The van der Waals surface area contributed by atoms with E-state index in [0.29, 0.717) is 11.6 Å². The maximum atomic E-state index is 10.5. The van der Waals surface area contributed by atoms with Crippen molar-refractivity contribution in [2.24, 2.45) is 5.92 Å². The first-order valence-corrected chi connectivity index (χ1v) is 5.20. The fourth-order valence-electron chi connectivity index (χ4n) is 1.50. The van der Waals surface area contributed by atoms with E-state index >= 15 is 0 Å². The van der Waals surface area contributed by atoms with Gasteiger partial charge in [0.2, 0.25) is 0 Å². The maximum Gasteiger partial charge on any atom is 0.123 e. The van der Waals surface area contributed by atoms with Crippen LogP contribution >= 0.6 is 23.2 Å². The van der Waals surface area contributed by atoms with E-state index in [-0.39, 0.29) is 5.92 Å². The first-order valence-electron chi connectivity index (χ1n) is 4.38. The molecule has 0 radical (unpaired) electrons. The van der Waals surface area contributed by atoms with Gasteiger partial charge in [0.25, 0.3) is 0 Å². The normalized spacial score (nSPS) is 21.8. The molecule has 1 heterocycles. The van der Waals surface area contributed by atoms with E-state index in [1.807, 2.05) is 0 Å². The lowest BCUT2D eigenvalue weighted by Gasteiger charge is -2.28. The third kappa shape index (κ3) is 3.67. The Bertz CT molecular complexity index is 198. The molecule has 0 unspecified atom stereocenters. The maximum absolute atomic E-state index is 10.5. The van der Waals surface area contributed by atoms with Crippen molar-refractivity contribution in [3.8, 4) is 0 Å². The van der Waals surface area contributed by atoms with E-state index in [0.717, 1.165) is 32.2 Å². The molecular weight excluding hydrogens is 209 g/mol. The summed E-state index contributed by atoms with van der Waals surface area (Å²) >= 11 is 11.2. The molecule has 4 heteroatoms. The summed E-state index contributed by atoms with van der Waals surface area (Å²) in [5.74, 6) is 0.245. The summed E-state index contributed by atoms with van der Waals surface area (Å²) in [6.45, 7) is 2.57. The van der Waals surface area contributed by atoms with Crippen LogP contribution < -0.4 is 0 Å². The summed E-state index contributed by atoms with van der Waals surface area (Å²) in [6, 6.07) is 0. The first kappa shape index (κ1) is 11.0. The highest BCUT2D eigenvalue weighted by Crippen LogP contribution is 2.17. The number of hydrogen-bond donors (Lipinski definition) is 0. The number of carbonyl (C=O) groups is 1. The molecular formula is C9H13Cl2NO. The van der Waals surface area contributed by atoms with Gasteiger partial charge in [0.1, 0.15) is 6.29 Å². The van der Waals surface area contributed by atoms with Crippen molar-refractivity contribution in [2.45, 2.75) is 12.8 Å². The molecule has 1 aliphatic heterocycles. The van der Waals surface area contributed by atoms with E-state index in [2.05, 4.69) is 4.90 Å². The van der Waals surface area contributed by atoms with E-state index < -0.39 is 0 Å². The van der Waals surface area contributed by atoms with Crippen molar-refractivity contribution < 1.29 is 4.79 Å². The van der Waals surface area contributed by atoms with Crippen LogP contribution in [0.1, 0.15) is 12.8 Å². The number of nitrogens with zero attached hydrogens (tertiary/aromatic N) is 1. The Morgan fingerprint density at radius 2 is 2.08 bits per heavy atom. The summed E-state index contributed by atoms with van der Waals surface area (Å²) in [4.78, 5) is 12.7. The molecule has 0 bridgehead atoms. The standard InChI is InChI=1S/C9H13Cl2NO/c10-5-9(11)6-12-3-1-8(7-13)2-4-12/h5,7-8H,1-4,6H2/b9-5+. The molecule has 1 rings (SSSR count). The molecule has 0 aromatic heterocycles. The number of halogens is 2. The minimum atomic E-state index is 0.245. The number of aldehydes is 1. The lowest BCUT2D eigenvalue weighted by molar-refractivity contribution is -0.112. The predicted molar refractivity (Wildman–Crippen MR) is 55.0 cm³/mol. The highest BCUT2D eigenvalue weighted by atomic mass is 35.5. The molecule has 0 amide bonds. The predicted octanol–water partition coefficient (Wildman–Crippen LogP) is 2.22. The Labute approximate surface area is 88.5 Å². The Hall–Kier alpha value is -0.0500. The molecule has 1 fully saturated rings. The topological polar surface area (TPSA) is 20.3 Å². The number of likely N-dealkylation sites (tertiary alicyclic amines) is 1. The second kappa shape index (κ2) is 5.63. The molecule has 1 aliphatic rings. The number of piperidine rings is 1. The van der Waals surface area contributed by atoms with E-state index in [1.54, 1.807) is 0 Å². The van der Waals surface area contributed by atoms with Crippen molar-refractivity contribution >= 4 is 29.5 Å². The molecule has 2 nitrogen and oxygen atoms in total. The Balaban J connectivity index is 2.29. The zero-order chi connectivity index (χ0) is 9.68. The van der Waals surface area contributed by atoms with Crippen LogP contribution in [-0.2, 0) is 4.79 Å². The Morgan fingerprint density at radius 3 is 2.54 bits per heavy atom. The molecule has 0 N–H and O–H groups in total. The minimum Gasteiger partial charge on any atom is -0.303 e. The van der Waals surface area contributed by atoms with Crippen LogP contribution in [0.15, 0.2) is 10.6 Å². The third-order valence-corrected chi connectivity index (χ3v) is 2.92. The highest BCUT2D eigenvalue weighted by molar-refractivity contribution is 6.36. The van der Waals surface area contributed by atoms with Gasteiger partial charge >= 0.3 is 0 Å². The van der Waals surface area contributed by atoms with Crippen LogP contribution in [0.4, 0.5) is 0 Å². The smallest absolute Gasteiger partial charge is 0.123 e. The Morgan fingerprint density at radius 1 is 1.46 bits per heavy atom. The number of hydrogen-bond acceptors (Lipinski definition) is 2. The zero-order valence-electron chi connectivity index (χ0n) is 7.38. The van der Waals surface area contributed by atoms with Crippen molar-refractivity contribution in [2.75, 3.05) is 19.6 Å². The molecule has 74 valence electrons. The van der Waals surface area contributed by atoms with Crippen LogP contribution in [0.5, 0.6) is 0 Å². The van der Waals surface area contributed by atoms with Gasteiger partial charge in [0.15, 0.2) is 0 Å². The van der Waals surface area contributed by atoms with Crippen molar-refractivity contribution in [3.05, 3.63) is 10.6 Å². The molecule has 0 saturated carbocycles. The van der Waals surface area contributed by atoms with Gasteiger partial charge in [-0.1, -0.05) is 23.2 Å². The average Bonchev–Trinajstić information content (AvgIpc) is 2.19. The molecule has 0 aliphatic carbocycles. The van der Waals surface area contributed by atoms with Gasteiger partial charge in [-0.15, -0.1) is 0 Å². The summed E-state index contributed by atoms with van der Waals surface area (Å²) in [5.41, 5.74) is 1.40. The average molecular weight is 222 g/mol. The summed E-state index contributed by atoms with van der Waals surface area (Å²) in [6.07, 6.45) is 2.93. The molecule has 1 saturated heterocycles. The molecule has 13 heavy (non-hydrogen) atoms. The largest absolute Gasteiger partial charge is 0.303 e. The fraction of sp³-hybridized carbons (Fsp3) is 0.667. The first-order chi connectivity index (χ1) is 6.26. The van der Waals surface area contributed by atoms with Crippen LogP contribution in [-0.4, -0.2) is 30.8 Å². The minimum absolute atomic E-state index is 0.245. The van der Waals surface area contributed by atoms with Crippen LogP contribution in [0, 0.1) is 5.92 Å².